The fraction of sp³-hybridized carbons (Fsp3) is 0.490. The minimum atomic E-state index is -1.81. The number of carbonyl (C=O) groups is 2. The molecule has 0 spiro atoms. The quantitative estimate of drug-likeness (QED) is 0.0669. The Morgan fingerprint density at radius 2 is 1.85 bits per heavy atom. The number of phenols is 1. The molecule has 59 heavy (non-hydrogen) atoms. The van der Waals surface area contributed by atoms with E-state index in [1.165, 1.54) is 7.11 Å². The molecule has 1 aromatic heterocycles. The van der Waals surface area contributed by atoms with Gasteiger partial charge in [-0.3, -0.25) is 9.59 Å². The second kappa shape index (κ2) is 20.3. The number of aromatic nitrogens is 1. The van der Waals surface area contributed by atoms with Gasteiger partial charge in [0.05, 0.1) is 31.5 Å². The second-order valence-electron chi connectivity index (χ2n) is 16.9. The van der Waals surface area contributed by atoms with E-state index in [1.807, 2.05) is 55.7 Å². The number of methoxy groups -OCH3 is 1. The molecule has 1 aliphatic heterocycles. The topological polar surface area (TPSA) is 167 Å². The number of ketones is 2. The molecule has 2 aliphatic carbocycles. The van der Waals surface area contributed by atoms with E-state index < -0.39 is 41.5 Å². The number of fused-ring (bicyclic) bond motifs is 2. The number of nitrogen functional groups attached to an aromatic ring is 1. The summed E-state index contributed by atoms with van der Waals surface area (Å²) >= 11 is 0. The van der Waals surface area contributed by atoms with Crippen molar-refractivity contribution in [2.24, 2.45) is 40.5 Å². The summed E-state index contributed by atoms with van der Waals surface area (Å²) in [5.41, 5.74) is 10.4. The number of aryl methyl sites for hydroxylation is 1. The van der Waals surface area contributed by atoms with Gasteiger partial charge in [-0.25, -0.2) is 4.98 Å². The number of ether oxygens (including phenoxy) is 1. The first-order valence-corrected chi connectivity index (χ1v) is 21.3. The smallest absolute Gasteiger partial charge is 0.177 e. The number of allylic oxidation sites excluding steroid dienone is 1. The molecule has 0 radical (unpaired) electrons. The molecule has 0 bridgehead atoms. The van der Waals surface area contributed by atoms with Gasteiger partial charge in [0.15, 0.2) is 34.9 Å². The van der Waals surface area contributed by atoms with Crippen molar-refractivity contribution in [1.29, 1.82) is 0 Å². The molecule has 0 unspecified atom stereocenters. The monoisotopic (exact) mass is 801 g/mol. The molecule has 9 atom stereocenters. The number of carbonyl (C=O) groups excluding carboxylic acids is 2. The molecule has 10 nitrogen and oxygen atoms in total. The summed E-state index contributed by atoms with van der Waals surface area (Å²) in [6, 6.07) is 17.1. The van der Waals surface area contributed by atoms with Crippen LogP contribution in [-0.4, -0.2) is 71.0 Å². The Hall–Kier alpha value is -4.95. The van der Waals surface area contributed by atoms with Crippen molar-refractivity contribution in [3.05, 3.63) is 101 Å². The number of Topliss-reactive ketones (excluding diaryl/α,β-unsaturated/α-hetero) is 2. The highest BCUT2D eigenvalue weighted by atomic mass is 16.5. The number of aromatic hydroxyl groups is 1. The maximum atomic E-state index is 14.6. The van der Waals surface area contributed by atoms with Gasteiger partial charge in [-0.05, 0) is 130 Å². The lowest BCUT2D eigenvalue weighted by atomic mass is 9.73. The van der Waals surface area contributed by atoms with Crippen molar-refractivity contribution in [1.82, 2.24) is 10.3 Å². The maximum absolute atomic E-state index is 14.6. The van der Waals surface area contributed by atoms with Crippen LogP contribution in [0.3, 0.4) is 0 Å². The summed E-state index contributed by atoms with van der Waals surface area (Å²) in [4.78, 5) is 37.4. The summed E-state index contributed by atoms with van der Waals surface area (Å²) < 4.78 is 5.45. The van der Waals surface area contributed by atoms with Crippen molar-refractivity contribution < 1.29 is 29.6 Å². The van der Waals surface area contributed by atoms with Gasteiger partial charge in [0, 0.05) is 24.5 Å². The van der Waals surface area contributed by atoms with Gasteiger partial charge in [0.2, 0.25) is 0 Å². The third-order valence-corrected chi connectivity index (χ3v) is 12.8. The molecule has 0 saturated heterocycles. The molecule has 1 fully saturated rings. The fourth-order valence-electron chi connectivity index (χ4n) is 9.56. The molecule has 2 heterocycles. The van der Waals surface area contributed by atoms with Gasteiger partial charge in [-0.15, -0.1) is 4.99 Å². The molecule has 3 aliphatic rings. The number of anilines is 1. The van der Waals surface area contributed by atoms with Crippen LogP contribution >= 0.6 is 0 Å². The minimum absolute atomic E-state index is 0.0357. The first-order valence-electron chi connectivity index (χ1n) is 21.3. The van der Waals surface area contributed by atoms with Gasteiger partial charge in [0.1, 0.15) is 24.0 Å². The van der Waals surface area contributed by atoms with E-state index in [2.05, 4.69) is 42.1 Å². The Balaban J connectivity index is 1.42. The summed E-state index contributed by atoms with van der Waals surface area (Å²) in [5, 5.41) is 37.9. The number of nitrogens with one attached hydrogen (secondary N) is 1. The van der Waals surface area contributed by atoms with Crippen LogP contribution in [0.1, 0.15) is 93.4 Å². The number of hydrogen-bond acceptors (Lipinski definition) is 10. The van der Waals surface area contributed by atoms with Crippen LogP contribution in [-0.2, 0) is 22.4 Å². The first-order chi connectivity index (χ1) is 28.5. The van der Waals surface area contributed by atoms with E-state index >= 15 is 0 Å². The van der Waals surface area contributed by atoms with Crippen LogP contribution in [0.25, 0.3) is 0 Å². The van der Waals surface area contributed by atoms with Crippen LogP contribution in [0.4, 0.5) is 5.82 Å². The Bertz CT molecular complexity index is 2040. The molecule has 10 heteroatoms. The number of aliphatic hydroxyl groups is 2. The van der Waals surface area contributed by atoms with Crippen LogP contribution in [0.2, 0.25) is 0 Å². The number of pyridine rings is 1. The largest absolute Gasteiger partial charge is 0.504 e. The standard InChI is InChI=1S/C49H60N4O6/c1-5-9-40(44(55)27-38-24-37(29-53-38)30(2)16-18-51-3)36-22-32(20-31-17-19-52-47(50)23-31)21-34-12-14-39(33-10-7-6-8-11-33)41-28-45(56)46(59-4)26-35(41)13-15-43(54)49(58)48(57)42(34)25-36/h6-8,10-11,17,19,23-24,26,28-30,32,34,36,39-40,42,44,49,51,55,58H,5,9,13,15-16,18,20-22,25,27H2,1-4H3,(H2-,50,52,56)/p+1/t30-,32+,34-,36-,39-,40+,42+,44-,49+/m1/s1. The molecule has 2 aromatic carbocycles. The number of nitrogens with two attached hydrogens (primary N) is 1. The van der Waals surface area contributed by atoms with Crippen molar-refractivity contribution in [2.75, 3.05) is 26.4 Å². The second-order valence-corrected chi connectivity index (χ2v) is 16.9. The van der Waals surface area contributed by atoms with Gasteiger partial charge < -0.3 is 31.1 Å². The lowest BCUT2D eigenvalue weighted by molar-refractivity contribution is -0.142. The maximum Gasteiger partial charge on any atom is 0.177 e. The molecule has 6 N–H and O–H groups in total. The minimum Gasteiger partial charge on any atom is -0.504 e. The van der Waals surface area contributed by atoms with Gasteiger partial charge in [-0.2, -0.15) is 0 Å². The van der Waals surface area contributed by atoms with E-state index in [-0.39, 0.29) is 42.1 Å². The lowest BCUT2D eigenvalue weighted by Gasteiger charge is -2.33. The SMILES string of the molecule is CCC[C@@H]([C@@H]1C[C@@H](Cc2ccnc(N)c2)C[C@H]2C#C[C@H](c3ccccc3)c3cc(O)c(OC)cc3CCC(=O)[C@H](O)C(=O)[C@H]2C1)[C@H](O)CC1=C[C+]([C@H](C)CCNC)C=N1. The van der Waals surface area contributed by atoms with Crippen molar-refractivity contribution in [3.63, 3.8) is 0 Å². The highest BCUT2D eigenvalue weighted by Gasteiger charge is 2.44. The molecular formula is C49H61N4O6+. The number of rotatable bonds is 14. The number of phenolic OH excluding ortho intramolecular Hbond substituents is 1. The van der Waals surface area contributed by atoms with E-state index in [0.717, 1.165) is 66.1 Å². The Labute approximate surface area is 349 Å². The average molecular weight is 802 g/mol. The number of hydrogen-bond donors (Lipinski definition) is 5. The zero-order chi connectivity index (χ0) is 42.1. The van der Waals surface area contributed by atoms with Crippen LogP contribution in [0.5, 0.6) is 11.5 Å². The predicted molar refractivity (Wildman–Crippen MR) is 232 cm³/mol. The third kappa shape index (κ3) is 10.8. The molecular weight excluding hydrogens is 741 g/mol. The zero-order valence-corrected chi connectivity index (χ0v) is 34.9. The van der Waals surface area contributed by atoms with Crippen LogP contribution < -0.4 is 15.8 Å². The average Bonchev–Trinajstić information content (AvgIpc) is 3.62. The van der Waals surface area contributed by atoms with Crippen LogP contribution in [0, 0.1) is 53.3 Å². The van der Waals surface area contributed by atoms with Crippen LogP contribution in [0.15, 0.2) is 77.6 Å². The van der Waals surface area contributed by atoms with Gasteiger partial charge in [-0.1, -0.05) is 55.5 Å². The molecule has 1 saturated carbocycles. The molecule has 3 aromatic rings. The number of benzene rings is 2. The Morgan fingerprint density at radius 1 is 1.05 bits per heavy atom. The van der Waals surface area contributed by atoms with E-state index in [9.17, 15) is 24.9 Å². The number of nitrogens with zero attached hydrogens (tertiary/aromatic N) is 2. The fourth-order valence-corrected chi connectivity index (χ4v) is 9.56. The lowest BCUT2D eigenvalue weighted by Crippen LogP contribution is -2.39. The van der Waals surface area contributed by atoms with Gasteiger partial charge >= 0.3 is 0 Å². The van der Waals surface area contributed by atoms with Crippen molar-refractivity contribution in [2.45, 2.75) is 96.2 Å². The highest BCUT2D eigenvalue weighted by Crippen LogP contribution is 2.45. The van der Waals surface area contributed by atoms with E-state index in [1.54, 1.807) is 18.3 Å². The molecule has 312 valence electrons. The highest BCUT2D eigenvalue weighted by molar-refractivity contribution is 6.06. The zero-order valence-electron chi connectivity index (χ0n) is 34.9. The summed E-state index contributed by atoms with van der Waals surface area (Å²) in [6.07, 6.45) is 8.62. The predicted octanol–water partition coefficient (Wildman–Crippen LogP) is 6.81. The third-order valence-electron chi connectivity index (χ3n) is 12.8. The Kier molecular flexibility index (Phi) is 15.0. The summed E-state index contributed by atoms with van der Waals surface area (Å²) in [7, 11) is 3.42. The first kappa shape index (κ1) is 43.6. The summed E-state index contributed by atoms with van der Waals surface area (Å²) in [6.45, 7) is 5.21. The number of aliphatic imine (C=N–C) groups is 1. The van der Waals surface area contributed by atoms with Crippen molar-refractivity contribution in [3.8, 4) is 23.3 Å². The van der Waals surface area contributed by atoms with Crippen molar-refractivity contribution >= 4 is 23.6 Å². The van der Waals surface area contributed by atoms with E-state index in [4.69, 9.17) is 15.5 Å². The normalized spacial score (nSPS) is 24.9. The molecule has 6 rings (SSSR count). The Morgan fingerprint density at radius 3 is 2.58 bits per heavy atom. The molecule has 0 amide bonds. The van der Waals surface area contributed by atoms with Gasteiger partial charge in [0.25, 0.3) is 0 Å². The summed E-state index contributed by atoms with van der Waals surface area (Å²) in [5.74, 6) is 6.30. The van der Waals surface area contributed by atoms with E-state index in [0.29, 0.717) is 37.4 Å². The number of aliphatic hydroxyl groups excluding tert-OH is 2.